The van der Waals surface area contributed by atoms with Gasteiger partial charge in [0.2, 0.25) is 0 Å². The average molecular weight is 448 g/mol. The van der Waals surface area contributed by atoms with Crippen molar-refractivity contribution in [3.8, 4) is 0 Å². The lowest BCUT2D eigenvalue weighted by atomic mass is 9.79. The van der Waals surface area contributed by atoms with Gasteiger partial charge in [-0.3, -0.25) is 0 Å². The molecule has 2 N–H and O–H groups in total. The van der Waals surface area contributed by atoms with Crippen LogP contribution in [0, 0.1) is 5.92 Å². The molecular formula is C24H37N3O5. The fraction of sp³-hybridized carbons (Fsp3) is 0.708. The molecule has 1 atom stereocenters. The predicted molar refractivity (Wildman–Crippen MR) is 122 cm³/mol. The third kappa shape index (κ3) is 7.36. The number of pyridine rings is 1. The van der Waals surface area contributed by atoms with Crippen LogP contribution in [0.4, 0.5) is 10.6 Å². The first-order valence-corrected chi connectivity index (χ1v) is 11.6. The van der Waals surface area contributed by atoms with Gasteiger partial charge in [0, 0.05) is 25.3 Å². The zero-order valence-electron chi connectivity index (χ0n) is 19.7. The number of methoxy groups -OCH3 is 1. The highest BCUT2D eigenvalue weighted by Crippen LogP contribution is 2.34. The molecule has 0 saturated heterocycles. The number of ether oxygens (including phenoxy) is 3. The van der Waals surface area contributed by atoms with Gasteiger partial charge in [-0.25, -0.2) is 14.6 Å². The fourth-order valence-electron chi connectivity index (χ4n) is 4.10. The van der Waals surface area contributed by atoms with Crippen molar-refractivity contribution in [2.45, 2.75) is 83.5 Å². The highest BCUT2D eigenvalue weighted by molar-refractivity contribution is 5.81. The second-order valence-electron chi connectivity index (χ2n) is 9.72. The van der Waals surface area contributed by atoms with Crippen LogP contribution in [0.15, 0.2) is 12.1 Å². The lowest BCUT2D eigenvalue weighted by Gasteiger charge is -2.35. The van der Waals surface area contributed by atoms with E-state index in [0.717, 1.165) is 50.2 Å². The quantitative estimate of drug-likeness (QED) is 0.558. The lowest BCUT2D eigenvalue weighted by molar-refractivity contribution is -0.144. The number of carbonyl (C=O) groups excluding carboxylic acids is 2. The minimum atomic E-state index is -0.783. The molecular weight excluding hydrogens is 410 g/mol. The van der Waals surface area contributed by atoms with Crippen molar-refractivity contribution in [2.24, 2.45) is 5.92 Å². The van der Waals surface area contributed by atoms with E-state index in [4.69, 9.17) is 19.2 Å². The van der Waals surface area contributed by atoms with Gasteiger partial charge in [-0.2, -0.15) is 0 Å². The van der Waals surface area contributed by atoms with Crippen LogP contribution in [-0.4, -0.2) is 55.1 Å². The molecule has 0 spiro atoms. The van der Waals surface area contributed by atoms with E-state index in [9.17, 15) is 9.59 Å². The molecule has 0 bridgehead atoms. The molecule has 3 rings (SSSR count). The van der Waals surface area contributed by atoms with Gasteiger partial charge in [0.1, 0.15) is 17.5 Å². The molecule has 1 aromatic rings. The van der Waals surface area contributed by atoms with Gasteiger partial charge in [0.05, 0.1) is 13.2 Å². The summed E-state index contributed by atoms with van der Waals surface area (Å²) in [7, 11) is 1.30. The summed E-state index contributed by atoms with van der Waals surface area (Å²) in [6.45, 7) is 6.71. The summed E-state index contributed by atoms with van der Waals surface area (Å²) in [5.74, 6) is 1.20. The molecule has 178 valence electrons. The number of nitrogens with zero attached hydrogens (tertiary/aromatic N) is 1. The van der Waals surface area contributed by atoms with Gasteiger partial charge in [0.15, 0.2) is 0 Å². The Balaban J connectivity index is 1.33. The Hall–Kier alpha value is -2.35. The van der Waals surface area contributed by atoms with Crippen LogP contribution in [0.3, 0.4) is 0 Å². The molecule has 1 saturated carbocycles. The number of aromatic nitrogens is 1. The van der Waals surface area contributed by atoms with Crippen LogP contribution < -0.4 is 10.6 Å². The number of carbonyl (C=O) groups is 2. The summed E-state index contributed by atoms with van der Waals surface area (Å²) >= 11 is 0. The van der Waals surface area contributed by atoms with Crippen molar-refractivity contribution in [1.82, 2.24) is 10.3 Å². The lowest BCUT2D eigenvalue weighted by Crippen LogP contribution is -2.45. The van der Waals surface area contributed by atoms with Crippen molar-refractivity contribution >= 4 is 17.9 Å². The summed E-state index contributed by atoms with van der Waals surface area (Å²) in [5.41, 5.74) is 1.84. The third-order valence-electron chi connectivity index (χ3n) is 5.89. The number of hydrogen-bond acceptors (Lipinski definition) is 7. The van der Waals surface area contributed by atoms with E-state index in [2.05, 4.69) is 22.8 Å². The van der Waals surface area contributed by atoms with E-state index in [1.807, 2.05) is 0 Å². The Morgan fingerprint density at radius 1 is 1.28 bits per heavy atom. The minimum absolute atomic E-state index is 0.206. The van der Waals surface area contributed by atoms with E-state index >= 15 is 0 Å². The minimum Gasteiger partial charge on any atom is -0.467 e. The molecule has 1 aliphatic heterocycles. The number of nitrogens with one attached hydrogen (secondary N) is 2. The van der Waals surface area contributed by atoms with E-state index in [1.165, 1.54) is 19.1 Å². The van der Waals surface area contributed by atoms with Crippen LogP contribution in [0.25, 0.3) is 0 Å². The highest BCUT2D eigenvalue weighted by Gasteiger charge is 2.31. The van der Waals surface area contributed by atoms with Crippen molar-refractivity contribution in [1.29, 1.82) is 0 Å². The van der Waals surface area contributed by atoms with Gasteiger partial charge < -0.3 is 24.8 Å². The molecule has 2 aliphatic rings. The number of hydrogen-bond donors (Lipinski definition) is 2. The second kappa shape index (κ2) is 11.0. The van der Waals surface area contributed by atoms with Crippen LogP contribution in [0.5, 0.6) is 0 Å². The number of rotatable bonds is 9. The number of aryl methyl sites for hydroxylation is 2. The fourth-order valence-corrected chi connectivity index (χ4v) is 4.10. The first-order chi connectivity index (χ1) is 15.2. The summed E-state index contributed by atoms with van der Waals surface area (Å²) < 4.78 is 15.9. The topological polar surface area (TPSA) is 98.8 Å². The smallest absolute Gasteiger partial charge is 0.408 e. The molecule has 0 unspecified atom stereocenters. The Morgan fingerprint density at radius 3 is 2.78 bits per heavy atom. The molecule has 2 heterocycles. The summed E-state index contributed by atoms with van der Waals surface area (Å²) in [6, 6.07) is 3.58. The molecule has 8 nitrogen and oxygen atoms in total. The van der Waals surface area contributed by atoms with Crippen LogP contribution >= 0.6 is 0 Å². The zero-order chi connectivity index (χ0) is 23.1. The Morgan fingerprint density at radius 2 is 2.06 bits per heavy atom. The largest absolute Gasteiger partial charge is 0.467 e. The first-order valence-electron chi connectivity index (χ1n) is 11.6. The van der Waals surface area contributed by atoms with E-state index < -0.39 is 23.7 Å². The number of anilines is 1. The highest BCUT2D eigenvalue weighted by atomic mass is 16.6. The molecule has 0 aromatic carbocycles. The Labute approximate surface area is 190 Å². The molecule has 1 aliphatic carbocycles. The molecule has 1 fully saturated rings. The zero-order valence-corrected chi connectivity index (χ0v) is 19.7. The summed E-state index contributed by atoms with van der Waals surface area (Å²) in [4.78, 5) is 28.7. The van der Waals surface area contributed by atoms with Gasteiger partial charge in [-0.1, -0.05) is 6.07 Å². The molecule has 32 heavy (non-hydrogen) atoms. The van der Waals surface area contributed by atoms with Gasteiger partial charge in [-0.15, -0.1) is 0 Å². The predicted octanol–water partition coefficient (Wildman–Crippen LogP) is 3.62. The van der Waals surface area contributed by atoms with Gasteiger partial charge in [-0.05, 0) is 76.8 Å². The van der Waals surface area contributed by atoms with Crippen LogP contribution in [0.2, 0.25) is 0 Å². The van der Waals surface area contributed by atoms with E-state index in [-0.39, 0.29) is 6.10 Å². The monoisotopic (exact) mass is 447 g/mol. The van der Waals surface area contributed by atoms with E-state index in [1.54, 1.807) is 20.8 Å². The third-order valence-corrected chi connectivity index (χ3v) is 5.89. The number of esters is 1. The molecule has 0 radical (unpaired) electrons. The molecule has 1 aromatic heterocycles. The molecule has 1 amide bonds. The van der Waals surface area contributed by atoms with E-state index in [0.29, 0.717) is 18.9 Å². The Kier molecular flexibility index (Phi) is 8.34. The van der Waals surface area contributed by atoms with Gasteiger partial charge >= 0.3 is 12.1 Å². The maximum absolute atomic E-state index is 12.0. The summed E-state index contributed by atoms with van der Waals surface area (Å²) in [5, 5.41) is 5.97. The van der Waals surface area contributed by atoms with Gasteiger partial charge in [0.25, 0.3) is 0 Å². The summed E-state index contributed by atoms with van der Waals surface area (Å²) in [6.07, 6.45) is 6.33. The second-order valence-corrected chi connectivity index (χ2v) is 9.72. The first kappa shape index (κ1) is 24.3. The molecule has 8 heteroatoms. The number of alkyl carbamates (subject to hydrolysis) is 1. The van der Waals surface area contributed by atoms with Crippen LogP contribution in [-0.2, 0) is 31.8 Å². The Bertz CT molecular complexity index is 786. The number of amides is 1. The SMILES string of the molecule is COC(=O)[C@H](CCO[C@H]1C[C@@H](CCc2ccc3c(n2)NCCC3)C1)NC(=O)OC(C)(C)C. The average Bonchev–Trinajstić information content (AvgIpc) is 2.71. The van der Waals surface area contributed by atoms with Crippen molar-refractivity contribution in [3.05, 3.63) is 23.4 Å². The van der Waals surface area contributed by atoms with Crippen LogP contribution in [0.1, 0.15) is 64.1 Å². The normalized spacial score (nSPS) is 20.9. The van der Waals surface area contributed by atoms with Crippen molar-refractivity contribution in [2.75, 3.05) is 25.6 Å². The standard InChI is InChI=1S/C24H37N3O5/c1-24(2,3)32-23(29)27-20(22(28)30-4)11-13-31-19-14-16(15-19)7-9-18-10-8-17-6-5-12-25-21(17)26-18/h8,10,16,19-20H,5-7,9,11-15H2,1-4H3,(H,25,26)(H,27,29)/t16-,19+,20-/m0/s1. The van der Waals surface area contributed by atoms with Crippen molar-refractivity contribution < 1.29 is 23.8 Å². The van der Waals surface area contributed by atoms with Crippen molar-refractivity contribution in [3.63, 3.8) is 0 Å². The number of fused-ring (bicyclic) bond motifs is 1. The maximum Gasteiger partial charge on any atom is 0.408 e. The maximum atomic E-state index is 12.0.